The van der Waals surface area contributed by atoms with E-state index in [9.17, 15) is 9.59 Å². The zero-order valence-corrected chi connectivity index (χ0v) is 16.9. The number of nitrogens with two attached hydrogens (primary N) is 1. The van der Waals surface area contributed by atoms with Crippen LogP contribution in [0.25, 0.3) is 0 Å². The lowest BCUT2D eigenvalue weighted by Gasteiger charge is -2.31. The van der Waals surface area contributed by atoms with Gasteiger partial charge in [-0.15, -0.1) is 0 Å². The molecule has 3 rings (SSSR count). The Morgan fingerprint density at radius 2 is 2.07 bits per heavy atom. The smallest absolute Gasteiger partial charge is 0.338 e. The average Bonchev–Trinajstić information content (AvgIpc) is 3.11. The number of nitrogens with zero attached hydrogens (tertiary/aromatic N) is 1. The number of esters is 2. The molecule has 7 nitrogen and oxygen atoms in total. The van der Waals surface area contributed by atoms with Crippen molar-refractivity contribution in [2.75, 3.05) is 26.2 Å². The van der Waals surface area contributed by atoms with Crippen LogP contribution in [0, 0.1) is 0 Å². The van der Waals surface area contributed by atoms with E-state index in [4.69, 9.17) is 31.5 Å². The quantitative estimate of drug-likeness (QED) is 0.645. The summed E-state index contributed by atoms with van der Waals surface area (Å²) >= 11 is 5.98. The van der Waals surface area contributed by atoms with Crippen molar-refractivity contribution in [3.63, 3.8) is 0 Å². The fourth-order valence-corrected chi connectivity index (χ4v) is 3.88. The van der Waals surface area contributed by atoms with Crippen LogP contribution in [0.15, 0.2) is 33.9 Å². The van der Waals surface area contributed by atoms with Gasteiger partial charge in [-0.1, -0.05) is 11.6 Å². The van der Waals surface area contributed by atoms with E-state index in [-0.39, 0.29) is 18.0 Å². The highest BCUT2D eigenvalue weighted by molar-refractivity contribution is 6.32. The van der Waals surface area contributed by atoms with E-state index in [2.05, 4.69) is 4.90 Å². The number of piperidine rings is 1. The predicted molar refractivity (Wildman–Crippen MR) is 104 cm³/mol. The van der Waals surface area contributed by atoms with Crippen LogP contribution in [0.4, 0.5) is 0 Å². The molecule has 2 aliphatic heterocycles. The van der Waals surface area contributed by atoms with E-state index < -0.39 is 0 Å². The van der Waals surface area contributed by atoms with Gasteiger partial charge < -0.3 is 24.8 Å². The number of fused-ring (bicyclic) bond motifs is 1. The van der Waals surface area contributed by atoms with Crippen molar-refractivity contribution in [1.82, 2.24) is 4.90 Å². The summed E-state index contributed by atoms with van der Waals surface area (Å²) in [6.07, 6.45) is 5.24. The number of hydrogen-bond donors (Lipinski definition) is 1. The highest BCUT2D eigenvalue weighted by atomic mass is 35.5. The van der Waals surface area contributed by atoms with E-state index in [1.807, 2.05) is 6.92 Å². The summed E-state index contributed by atoms with van der Waals surface area (Å²) in [6.45, 7) is 4.78. The molecule has 154 valence electrons. The van der Waals surface area contributed by atoms with Gasteiger partial charge in [0.05, 0.1) is 22.9 Å². The number of hydrogen-bond acceptors (Lipinski definition) is 7. The Labute approximate surface area is 170 Å². The number of carbonyl (C=O) groups excluding carboxylic acids is 2. The van der Waals surface area contributed by atoms with Crippen LogP contribution < -0.4 is 5.73 Å². The average molecular weight is 411 g/mol. The third-order valence-corrected chi connectivity index (χ3v) is 5.54. The Morgan fingerprint density at radius 1 is 1.32 bits per heavy atom. The normalized spacial score (nSPS) is 20.6. The van der Waals surface area contributed by atoms with Crippen LogP contribution in [0.2, 0.25) is 0 Å². The van der Waals surface area contributed by atoms with Crippen LogP contribution in [-0.2, 0) is 23.8 Å². The van der Waals surface area contributed by atoms with Crippen LogP contribution in [-0.4, -0.2) is 49.2 Å². The fraction of sp³-hybridized carbons (Fsp3) is 0.600. The van der Waals surface area contributed by atoms with Gasteiger partial charge >= 0.3 is 11.9 Å². The summed E-state index contributed by atoms with van der Waals surface area (Å²) in [5.74, 6) is 0.0285. The number of halogens is 1. The summed E-state index contributed by atoms with van der Waals surface area (Å²) in [6, 6.07) is 0. The summed E-state index contributed by atoms with van der Waals surface area (Å²) in [5.41, 5.74) is 7.78. The van der Waals surface area contributed by atoms with Gasteiger partial charge in [-0.2, -0.15) is 0 Å². The summed E-state index contributed by atoms with van der Waals surface area (Å²) < 4.78 is 16.2. The molecule has 2 N–H and O–H groups in total. The minimum Gasteiger partial charge on any atom is -0.466 e. The van der Waals surface area contributed by atoms with Gasteiger partial charge in [0.15, 0.2) is 0 Å². The lowest BCUT2D eigenvalue weighted by molar-refractivity contribution is -0.147. The Kier molecular flexibility index (Phi) is 7.02. The zero-order chi connectivity index (χ0) is 20.1. The molecule has 8 heteroatoms. The molecule has 1 saturated heterocycles. The molecule has 0 aromatic rings. The van der Waals surface area contributed by atoms with Gasteiger partial charge in [0, 0.05) is 25.1 Å². The number of carbonyl (C=O) groups is 2. The summed E-state index contributed by atoms with van der Waals surface area (Å²) in [4.78, 5) is 26.3. The van der Waals surface area contributed by atoms with Gasteiger partial charge in [-0.25, -0.2) is 4.79 Å². The Hall–Kier alpha value is -1.99. The molecule has 0 unspecified atom stereocenters. The first-order valence-electron chi connectivity index (χ1n) is 9.83. The second-order valence-corrected chi connectivity index (χ2v) is 7.55. The highest BCUT2D eigenvalue weighted by Gasteiger charge is 2.33. The van der Waals surface area contributed by atoms with Crippen molar-refractivity contribution < 1.29 is 23.8 Å². The monoisotopic (exact) mass is 410 g/mol. The second-order valence-electron chi connectivity index (χ2n) is 7.14. The maximum Gasteiger partial charge on any atom is 0.338 e. The molecule has 0 radical (unpaired) electrons. The Morgan fingerprint density at radius 3 is 2.79 bits per heavy atom. The van der Waals surface area contributed by atoms with E-state index in [1.54, 1.807) is 0 Å². The third kappa shape index (κ3) is 4.89. The number of allylic oxidation sites excluding steroid dienone is 2. The zero-order valence-electron chi connectivity index (χ0n) is 16.2. The first-order valence-corrected chi connectivity index (χ1v) is 10.2. The van der Waals surface area contributed by atoms with Crippen LogP contribution in [0.3, 0.4) is 0 Å². The first kappa shape index (κ1) is 20.7. The van der Waals surface area contributed by atoms with E-state index >= 15 is 0 Å². The van der Waals surface area contributed by atoms with Crippen LogP contribution >= 0.6 is 11.6 Å². The summed E-state index contributed by atoms with van der Waals surface area (Å²) in [5, 5.41) is 0.365. The van der Waals surface area contributed by atoms with Crippen molar-refractivity contribution in [1.29, 1.82) is 0 Å². The Balaban J connectivity index is 1.44. The molecule has 0 saturated carbocycles. The maximum atomic E-state index is 12.6. The predicted octanol–water partition coefficient (Wildman–Crippen LogP) is 2.71. The second kappa shape index (κ2) is 9.47. The standard InChI is InChI=1S/C20H27ClN2O5/c1-2-26-17(24)4-3-9-23-10-7-13(8-11-23)28-20(25)15-6-5-14-18(22)16(21)12-27-19(14)15/h12-13H,2-11,22H2,1H3. The van der Waals surface area contributed by atoms with Crippen LogP contribution in [0.5, 0.6) is 0 Å². The highest BCUT2D eigenvalue weighted by Crippen LogP contribution is 2.39. The maximum absolute atomic E-state index is 12.6. The van der Waals surface area contributed by atoms with Gasteiger partial charge in [-0.05, 0) is 45.6 Å². The lowest BCUT2D eigenvalue weighted by atomic mass is 10.1. The van der Waals surface area contributed by atoms with E-state index in [0.29, 0.717) is 47.9 Å². The molecule has 1 fully saturated rings. The van der Waals surface area contributed by atoms with Crippen molar-refractivity contribution in [2.45, 2.75) is 51.6 Å². The number of ether oxygens (including phenoxy) is 3. The lowest BCUT2D eigenvalue weighted by Crippen LogP contribution is -2.38. The topological polar surface area (TPSA) is 91.1 Å². The van der Waals surface area contributed by atoms with E-state index in [1.165, 1.54) is 6.26 Å². The molecule has 0 aromatic carbocycles. The molecule has 0 spiro atoms. The van der Waals surface area contributed by atoms with Crippen molar-refractivity contribution in [3.8, 4) is 0 Å². The molecule has 1 aliphatic carbocycles. The molecule has 2 heterocycles. The van der Waals surface area contributed by atoms with Gasteiger partial charge in [0.1, 0.15) is 18.1 Å². The largest absolute Gasteiger partial charge is 0.466 e. The molecule has 0 atom stereocenters. The minimum atomic E-state index is -0.329. The van der Waals surface area contributed by atoms with Crippen molar-refractivity contribution >= 4 is 23.5 Å². The third-order valence-electron chi connectivity index (χ3n) is 5.25. The number of likely N-dealkylation sites (tertiary alicyclic amines) is 1. The van der Waals surface area contributed by atoms with Crippen LogP contribution in [0.1, 0.15) is 45.4 Å². The van der Waals surface area contributed by atoms with Gasteiger partial charge in [-0.3, -0.25) is 4.79 Å². The number of rotatable bonds is 7. The molecular formula is C20H27ClN2O5. The van der Waals surface area contributed by atoms with E-state index in [0.717, 1.165) is 44.5 Å². The molecule has 0 bridgehead atoms. The molecule has 0 aromatic heterocycles. The first-order chi connectivity index (χ1) is 13.5. The van der Waals surface area contributed by atoms with Gasteiger partial charge in [0.2, 0.25) is 0 Å². The molecule has 28 heavy (non-hydrogen) atoms. The molecular weight excluding hydrogens is 384 g/mol. The molecule has 3 aliphatic rings. The molecule has 0 amide bonds. The minimum absolute atomic E-state index is 0.102. The van der Waals surface area contributed by atoms with Gasteiger partial charge in [0.25, 0.3) is 0 Å². The van der Waals surface area contributed by atoms with Crippen molar-refractivity contribution in [2.24, 2.45) is 5.73 Å². The SMILES string of the molecule is CCOC(=O)CCCN1CCC(OC(=O)C2=C3OC=C(Cl)C(N)=C3CC2)CC1. The Bertz CT molecular complexity index is 720. The summed E-state index contributed by atoms with van der Waals surface area (Å²) in [7, 11) is 0. The fourth-order valence-electron chi connectivity index (χ4n) is 3.72. The van der Waals surface area contributed by atoms with Crippen molar-refractivity contribution in [3.05, 3.63) is 33.9 Å².